The predicted octanol–water partition coefficient (Wildman–Crippen LogP) is 2.84. The van der Waals surface area contributed by atoms with Gasteiger partial charge >= 0.3 is 0 Å². The Morgan fingerprint density at radius 1 is 0.714 bits per heavy atom. The maximum absolute atomic E-state index is 13.3. The number of nitrogens with one attached hydrogen (secondary N) is 2. The van der Waals surface area contributed by atoms with Crippen LogP contribution < -0.4 is 10.6 Å². The van der Waals surface area contributed by atoms with Crippen molar-refractivity contribution in [1.29, 1.82) is 0 Å². The first-order chi connectivity index (χ1) is 16.2. The summed E-state index contributed by atoms with van der Waals surface area (Å²) < 4.78 is 0. The van der Waals surface area contributed by atoms with Crippen molar-refractivity contribution in [3.8, 4) is 0 Å². The molecule has 2 aromatic carbocycles. The first kappa shape index (κ1) is 29.5. The molecule has 0 saturated heterocycles. The van der Waals surface area contributed by atoms with E-state index in [1.807, 2.05) is 0 Å². The minimum atomic E-state index is -0.239. The Morgan fingerprint density at radius 3 is 1.60 bits per heavy atom. The van der Waals surface area contributed by atoms with Gasteiger partial charge in [-0.15, -0.1) is 0 Å². The molecule has 4 N–H and O–H groups in total. The Morgan fingerprint density at radius 2 is 1.17 bits per heavy atom. The Kier molecular flexibility index (Phi) is 12.3. The monoisotopic (exact) mass is 484 g/mol. The Balaban J connectivity index is 0.00000612. The molecule has 0 unspecified atom stereocenters. The molecule has 2 aromatic rings. The Hall–Kier alpha value is -3.56. The molecule has 0 spiro atoms. The quantitative estimate of drug-likeness (QED) is 0.447. The number of amides is 3. The third kappa shape index (κ3) is 9.68. The molecule has 9 heteroatoms. The van der Waals surface area contributed by atoms with Gasteiger partial charge in [0.25, 0.3) is 5.91 Å². The van der Waals surface area contributed by atoms with Crippen LogP contribution in [0.25, 0.3) is 0 Å². The van der Waals surface area contributed by atoms with Crippen LogP contribution in [0.15, 0.2) is 48.5 Å². The molecule has 0 aliphatic carbocycles. The van der Waals surface area contributed by atoms with E-state index in [9.17, 15) is 19.2 Å². The second kappa shape index (κ2) is 14.6. The smallest absolute Gasteiger partial charge is 0.254 e. The fourth-order valence-corrected chi connectivity index (χ4v) is 3.57. The average Bonchev–Trinajstić information content (AvgIpc) is 2.80. The summed E-state index contributed by atoms with van der Waals surface area (Å²) in [4.78, 5) is 52.5. The summed E-state index contributed by atoms with van der Waals surface area (Å²) in [6.07, 6.45) is 0.742. The van der Waals surface area contributed by atoms with Gasteiger partial charge in [0.05, 0.1) is 6.54 Å². The lowest BCUT2D eigenvalue weighted by atomic mass is 10.1. The predicted molar refractivity (Wildman–Crippen MR) is 138 cm³/mol. The molecule has 0 saturated carbocycles. The molecule has 0 fully saturated rings. The number of hydrogen-bond donors (Lipinski definition) is 2. The highest BCUT2D eigenvalue weighted by molar-refractivity contribution is 6.02. The van der Waals surface area contributed by atoms with Crippen molar-refractivity contribution >= 4 is 34.9 Å². The van der Waals surface area contributed by atoms with E-state index in [4.69, 9.17) is 0 Å². The molecular formula is C26H36N4O5. The van der Waals surface area contributed by atoms with Crippen LogP contribution in [-0.2, 0) is 9.59 Å². The van der Waals surface area contributed by atoms with Crippen LogP contribution >= 0.6 is 0 Å². The van der Waals surface area contributed by atoms with Crippen molar-refractivity contribution in [1.82, 2.24) is 9.80 Å². The van der Waals surface area contributed by atoms with Crippen LogP contribution in [0.2, 0.25) is 0 Å². The van der Waals surface area contributed by atoms with E-state index in [2.05, 4.69) is 29.4 Å². The van der Waals surface area contributed by atoms with E-state index < -0.39 is 0 Å². The summed E-state index contributed by atoms with van der Waals surface area (Å²) >= 11 is 0. The van der Waals surface area contributed by atoms with Gasteiger partial charge in [0, 0.05) is 42.9 Å². The number of nitrogens with zero attached hydrogens (tertiary/aromatic N) is 2. The van der Waals surface area contributed by atoms with Gasteiger partial charge in [0.15, 0.2) is 5.78 Å². The van der Waals surface area contributed by atoms with Gasteiger partial charge < -0.3 is 25.9 Å². The fourth-order valence-electron chi connectivity index (χ4n) is 3.57. The number of benzene rings is 2. The summed E-state index contributed by atoms with van der Waals surface area (Å²) in [5, 5.41) is 5.35. The van der Waals surface area contributed by atoms with E-state index in [-0.39, 0.29) is 35.5 Å². The molecule has 3 amide bonds. The summed E-state index contributed by atoms with van der Waals surface area (Å²) in [6, 6.07) is 13.3. The van der Waals surface area contributed by atoms with Crippen LogP contribution in [0, 0.1) is 0 Å². The van der Waals surface area contributed by atoms with Gasteiger partial charge in [-0.05, 0) is 74.6 Å². The van der Waals surface area contributed by atoms with E-state index in [1.54, 1.807) is 53.4 Å². The number of anilines is 2. The van der Waals surface area contributed by atoms with Gasteiger partial charge in [-0.3, -0.25) is 19.2 Å². The third-order valence-corrected chi connectivity index (χ3v) is 5.40. The van der Waals surface area contributed by atoms with Crippen molar-refractivity contribution in [2.45, 2.75) is 34.1 Å². The molecule has 35 heavy (non-hydrogen) atoms. The van der Waals surface area contributed by atoms with Gasteiger partial charge in [0.1, 0.15) is 0 Å². The van der Waals surface area contributed by atoms with Gasteiger partial charge in [-0.25, -0.2) is 0 Å². The molecule has 9 nitrogen and oxygen atoms in total. The van der Waals surface area contributed by atoms with Crippen LogP contribution in [0.1, 0.15) is 54.8 Å². The topological polar surface area (TPSA) is 130 Å². The highest BCUT2D eigenvalue weighted by Crippen LogP contribution is 2.15. The minimum Gasteiger partial charge on any atom is -0.412 e. The maximum Gasteiger partial charge on any atom is 0.254 e. The highest BCUT2D eigenvalue weighted by atomic mass is 16.2. The zero-order valence-electron chi connectivity index (χ0n) is 20.9. The van der Waals surface area contributed by atoms with Crippen LogP contribution in [0.4, 0.5) is 11.4 Å². The molecule has 0 aromatic heterocycles. The van der Waals surface area contributed by atoms with Crippen molar-refractivity contribution in [3.05, 3.63) is 59.7 Å². The van der Waals surface area contributed by atoms with Gasteiger partial charge in [-0.1, -0.05) is 13.8 Å². The van der Waals surface area contributed by atoms with Crippen molar-refractivity contribution in [2.75, 3.05) is 43.4 Å². The summed E-state index contributed by atoms with van der Waals surface area (Å²) in [5.74, 6) is -0.793. The maximum atomic E-state index is 13.3. The number of hydrogen-bond acceptors (Lipinski definition) is 5. The number of carbonyl (C=O) groups is 4. The lowest BCUT2D eigenvalue weighted by molar-refractivity contribution is -0.115. The zero-order chi connectivity index (χ0) is 25.1. The normalized spacial score (nSPS) is 10.3. The first-order valence-electron chi connectivity index (χ1n) is 11.5. The second-order valence-electron chi connectivity index (χ2n) is 8.05. The summed E-state index contributed by atoms with van der Waals surface area (Å²) in [7, 11) is 0. The largest absolute Gasteiger partial charge is 0.412 e. The average molecular weight is 485 g/mol. The Labute approximate surface area is 206 Å². The summed E-state index contributed by atoms with van der Waals surface area (Å²) in [6.45, 7) is 10.1. The van der Waals surface area contributed by atoms with Gasteiger partial charge in [-0.2, -0.15) is 0 Å². The number of Topliss-reactive ketones (excluding diaryl/α,β-unsaturated/α-hetero) is 1. The van der Waals surface area contributed by atoms with E-state index in [0.29, 0.717) is 29.0 Å². The SMILES string of the molecule is CCN(CC)CCCN(CC(=O)c1ccc(NC(C)=O)cc1)C(=O)c1ccc(NC(C)=O)cc1.O. The number of rotatable bonds is 12. The molecule has 0 atom stereocenters. The number of carbonyl (C=O) groups excluding carboxylic acids is 4. The van der Waals surface area contributed by atoms with Crippen molar-refractivity contribution in [2.24, 2.45) is 0 Å². The molecular weight excluding hydrogens is 448 g/mol. The van der Waals surface area contributed by atoms with Crippen LogP contribution in [-0.4, -0.2) is 71.5 Å². The van der Waals surface area contributed by atoms with Gasteiger partial charge in [0.2, 0.25) is 11.8 Å². The fraction of sp³-hybridized carbons (Fsp3) is 0.385. The standard InChI is InChI=1S/C26H34N4O4.H2O/c1-5-29(6-2)16-7-17-30(26(34)22-10-14-24(15-11-22)28-20(4)32)18-25(33)21-8-12-23(13-9-21)27-19(3)31;/h8-15H,5-7,16-18H2,1-4H3,(H,27,31)(H,28,32);1H2. The molecule has 0 aliphatic heterocycles. The number of ketones is 1. The van der Waals surface area contributed by atoms with E-state index >= 15 is 0 Å². The highest BCUT2D eigenvalue weighted by Gasteiger charge is 2.20. The Bertz CT molecular complexity index is 986. The van der Waals surface area contributed by atoms with Crippen LogP contribution in [0.3, 0.4) is 0 Å². The molecule has 0 heterocycles. The lowest BCUT2D eigenvalue weighted by Gasteiger charge is -2.24. The molecule has 0 radical (unpaired) electrons. The minimum absolute atomic E-state index is 0. The molecule has 2 rings (SSSR count). The van der Waals surface area contributed by atoms with Crippen molar-refractivity contribution in [3.63, 3.8) is 0 Å². The third-order valence-electron chi connectivity index (χ3n) is 5.40. The van der Waals surface area contributed by atoms with Crippen LogP contribution in [0.5, 0.6) is 0 Å². The molecule has 0 aliphatic rings. The summed E-state index contributed by atoms with van der Waals surface area (Å²) in [5.41, 5.74) is 2.13. The first-order valence-corrected chi connectivity index (χ1v) is 11.5. The molecule has 0 bridgehead atoms. The lowest BCUT2D eigenvalue weighted by Crippen LogP contribution is -2.38. The van der Waals surface area contributed by atoms with Crippen molar-refractivity contribution < 1.29 is 24.7 Å². The van der Waals surface area contributed by atoms with E-state index in [1.165, 1.54) is 13.8 Å². The second-order valence-corrected chi connectivity index (χ2v) is 8.05. The molecule has 190 valence electrons. The van der Waals surface area contributed by atoms with E-state index in [0.717, 1.165) is 26.1 Å². The zero-order valence-corrected chi connectivity index (χ0v) is 20.9.